The fourth-order valence-corrected chi connectivity index (χ4v) is 2.71. The molecule has 2 rings (SSSR count). The van der Waals surface area contributed by atoms with Crippen molar-refractivity contribution in [3.05, 3.63) is 39.6 Å². The van der Waals surface area contributed by atoms with Crippen LogP contribution in [-0.2, 0) is 6.42 Å². The Bertz CT molecular complexity index is 520. The van der Waals surface area contributed by atoms with Crippen LogP contribution in [0, 0.1) is 13.8 Å². The van der Waals surface area contributed by atoms with Crippen LogP contribution in [0.5, 0.6) is 5.75 Å². The van der Waals surface area contributed by atoms with Gasteiger partial charge in [0, 0.05) is 23.1 Å². The van der Waals surface area contributed by atoms with E-state index in [9.17, 15) is 5.11 Å². The van der Waals surface area contributed by atoms with Crippen molar-refractivity contribution in [1.82, 2.24) is 9.97 Å². The van der Waals surface area contributed by atoms with Crippen LogP contribution < -0.4 is 4.74 Å². The van der Waals surface area contributed by atoms with Crippen molar-refractivity contribution in [3.8, 4) is 5.75 Å². The topological polar surface area (TPSA) is 55.2 Å². The second-order valence-corrected chi connectivity index (χ2v) is 5.37. The minimum absolute atomic E-state index is 0.500. The summed E-state index contributed by atoms with van der Waals surface area (Å²) < 4.78 is 5.19. The Morgan fingerprint density at radius 3 is 2.83 bits per heavy atom. The zero-order valence-electron chi connectivity index (χ0n) is 10.7. The van der Waals surface area contributed by atoms with Gasteiger partial charge in [-0.15, -0.1) is 11.3 Å². The first-order valence-electron chi connectivity index (χ1n) is 5.70. The van der Waals surface area contributed by atoms with E-state index in [0.717, 1.165) is 16.3 Å². The third-order valence-electron chi connectivity index (χ3n) is 2.84. The van der Waals surface area contributed by atoms with Gasteiger partial charge in [-0.05, 0) is 19.9 Å². The van der Waals surface area contributed by atoms with Crippen molar-refractivity contribution in [2.75, 3.05) is 7.11 Å². The van der Waals surface area contributed by atoms with Crippen molar-refractivity contribution in [2.24, 2.45) is 0 Å². The Kier molecular flexibility index (Phi) is 3.93. The molecule has 0 radical (unpaired) electrons. The molecule has 2 heterocycles. The Balaban J connectivity index is 2.18. The number of hydrogen-bond donors (Lipinski definition) is 1. The zero-order chi connectivity index (χ0) is 13.1. The van der Waals surface area contributed by atoms with E-state index in [1.165, 1.54) is 4.88 Å². The van der Waals surface area contributed by atoms with Crippen molar-refractivity contribution >= 4 is 11.3 Å². The second-order valence-electron chi connectivity index (χ2n) is 4.09. The monoisotopic (exact) mass is 264 g/mol. The van der Waals surface area contributed by atoms with E-state index >= 15 is 0 Å². The van der Waals surface area contributed by atoms with Crippen LogP contribution in [0.1, 0.15) is 27.2 Å². The highest BCUT2D eigenvalue weighted by atomic mass is 32.1. The number of rotatable bonds is 4. The number of ether oxygens (including phenoxy) is 1. The van der Waals surface area contributed by atoms with Crippen molar-refractivity contribution in [1.29, 1.82) is 0 Å². The van der Waals surface area contributed by atoms with Gasteiger partial charge >= 0.3 is 0 Å². The number of nitrogens with zero attached hydrogens (tertiary/aromatic N) is 2. The average Bonchev–Trinajstić information content (AvgIpc) is 2.68. The summed E-state index contributed by atoms with van der Waals surface area (Å²) in [6.45, 7) is 4.02. The first kappa shape index (κ1) is 13.0. The SMILES string of the molecule is COc1cnccc1C(O)Cc1nc(C)c(C)s1. The molecule has 2 aromatic rings. The van der Waals surface area contributed by atoms with E-state index < -0.39 is 6.10 Å². The standard InChI is InChI=1S/C13H16N2O2S/c1-8-9(2)18-13(15-8)6-11(16)10-4-5-14-7-12(10)17-3/h4-5,7,11,16H,6H2,1-3H3. The molecule has 0 saturated carbocycles. The highest BCUT2D eigenvalue weighted by Gasteiger charge is 2.16. The summed E-state index contributed by atoms with van der Waals surface area (Å²) in [5.41, 5.74) is 1.78. The quantitative estimate of drug-likeness (QED) is 0.921. The van der Waals surface area contributed by atoms with Gasteiger partial charge in [0.1, 0.15) is 5.75 Å². The first-order valence-corrected chi connectivity index (χ1v) is 6.52. The van der Waals surface area contributed by atoms with Crippen molar-refractivity contribution in [2.45, 2.75) is 26.4 Å². The summed E-state index contributed by atoms with van der Waals surface area (Å²) in [4.78, 5) is 9.60. The molecule has 0 aliphatic rings. The lowest BCUT2D eigenvalue weighted by atomic mass is 10.1. The van der Waals surface area contributed by atoms with Gasteiger partial charge in [-0.2, -0.15) is 0 Å². The summed E-state index contributed by atoms with van der Waals surface area (Å²) in [5, 5.41) is 11.2. The highest BCUT2D eigenvalue weighted by Crippen LogP contribution is 2.28. The van der Waals surface area contributed by atoms with Gasteiger partial charge in [-0.25, -0.2) is 4.98 Å². The smallest absolute Gasteiger partial charge is 0.142 e. The third kappa shape index (κ3) is 2.68. The number of pyridine rings is 1. The van der Waals surface area contributed by atoms with Crippen LogP contribution in [0.25, 0.3) is 0 Å². The Morgan fingerprint density at radius 2 is 2.22 bits per heavy atom. The second kappa shape index (κ2) is 5.46. The molecule has 1 N–H and O–H groups in total. The number of hydrogen-bond acceptors (Lipinski definition) is 5. The van der Waals surface area contributed by atoms with E-state index in [2.05, 4.69) is 9.97 Å². The lowest BCUT2D eigenvalue weighted by Gasteiger charge is -2.12. The number of aryl methyl sites for hydroxylation is 2. The van der Waals surface area contributed by atoms with Gasteiger partial charge in [0.15, 0.2) is 0 Å². The Morgan fingerprint density at radius 1 is 1.44 bits per heavy atom. The number of aliphatic hydroxyl groups is 1. The molecule has 0 spiro atoms. The Labute approximate surface area is 110 Å². The lowest BCUT2D eigenvalue weighted by Crippen LogP contribution is -2.04. The average molecular weight is 264 g/mol. The predicted molar refractivity (Wildman–Crippen MR) is 71.0 cm³/mol. The molecule has 0 amide bonds. The lowest BCUT2D eigenvalue weighted by molar-refractivity contribution is 0.173. The van der Waals surface area contributed by atoms with Crippen LogP contribution in [0.2, 0.25) is 0 Å². The van der Waals surface area contributed by atoms with Gasteiger partial charge in [0.2, 0.25) is 0 Å². The minimum atomic E-state index is -0.618. The van der Waals surface area contributed by atoms with E-state index in [1.54, 1.807) is 36.9 Å². The maximum Gasteiger partial charge on any atom is 0.142 e. The fraction of sp³-hybridized carbons (Fsp3) is 0.385. The number of aromatic nitrogens is 2. The summed E-state index contributed by atoms with van der Waals surface area (Å²) in [6.07, 6.45) is 3.14. The van der Waals surface area contributed by atoms with E-state index in [4.69, 9.17) is 4.74 Å². The fourth-order valence-electron chi connectivity index (χ4n) is 1.74. The molecule has 18 heavy (non-hydrogen) atoms. The van der Waals surface area contributed by atoms with E-state index in [1.807, 2.05) is 13.8 Å². The molecule has 0 aliphatic carbocycles. The molecule has 2 aromatic heterocycles. The van der Waals surface area contributed by atoms with Crippen LogP contribution in [0.15, 0.2) is 18.5 Å². The van der Waals surface area contributed by atoms with Gasteiger partial charge in [-0.3, -0.25) is 4.98 Å². The predicted octanol–water partition coefficient (Wildman–Crippen LogP) is 2.44. The maximum absolute atomic E-state index is 10.2. The normalized spacial score (nSPS) is 12.4. The Hall–Kier alpha value is -1.46. The molecular formula is C13H16N2O2S. The van der Waals surface area contributed by atoms with Crippen molar-refractivity contribution < 1.29 is 9.84 Å². The first-order chi connectivity index (χ1) is 8.61. The summed E-state index contributed by atoms with van der Waals surface area (Å²) in [7, 11) is 1.57. The molecule has 0 fully saturated rings. The summed E-state index contributed by atoms with van der Waals surface area (Å²) >= 11 is 1.62. The van der Waals surface area contributed by atoms with Crippen LogP contribution in [-0.4, -0.2) is 22.2 Å². The molecule has 1 unspecified atom stereocenters. The van der Waals surface area contributed by atoms with Crippen LogP contribution in [0.3, 0.4) is 0 Å². The molecule has 5 heteroatoms. The largest absolute Gasteiger partial charge is 0.495 e. The van der Waals surface area contributed by atoms with Crippen LogP contribution >= 0.6 is 11.3 Å². The summed E-state index contributed by atoms with van der Waals surface area (Å²) in [5.74, 6) is 0.606. The zero-order valence-corrected chi connectivity index (χ0v) is 11.5. The molecule has 4 nitrogen and oxygen atoms in total. The van der Waals surface area contributed by atoms with Crippen molar-refractivity contribution in [3.63, 3.8) is 0 Å². The minimum Gasteiger partial charge on any atom is -0.495 e. The third-order valence-corrected chi connectivity index (χ3v) is 3.93. The number of thiazole rings is 1. The molecule has 0 aromatic carbocycles. The van der Waals surface area contributed by atoms with Gasteiger partial charge < -0.3 is 9.84 Å². The highest BCUT2D eigenvalue weighted by molar-refractivity contribution is 7.11. The maximum atomic E-state index is 10.2. The summed E-state index contributed by atoms with van der Waals surface area (Å²) in [6, 6.07) is 1.77. The van der Waals surface area contributed by atoms with E-state index in [-0.39, 0.29) is 0 Å². The number of aliphatic hydroxyl groups excluding tert-OH is 1. The van der Waals surface area contributed by atoms with Crippen LogP contribution in [0.4, 0.5) is 0 Å². The van der Waals surface area contributed by atoms with Gasteiger partial charge in [0.05, 0.1) is 30.1 Å². The molecular weight excluding hydrogens is 248 g/mol. The van der Waals surface area contributed by atoms with Gasteiger partial charge in [0.25, 0.3) is 0 Å². The van der Waals surface area contributed by atoms with Gasteiger partial charge in [-0.1, -0.05) is 0 Å². The molecule has 0 saturated heterocycles. The number of methoxy groups -OCH3 is 1. The molecule has 96 valence electrons. The molecule has 0 aliphatic heterocycles. The molecule has 0 bridgehead atoms. The molecule has 1 atom stereocenters. The van der Waals surface area contributed by atoms with E-state index in [0.29, 0.717) is 12.2 Å².